The monoisotopic (exact) mass is 505 g/mol. The second kappa shape index (κ2) is 9.76. The topological polar surface area (TPSA) is 68.8 Å². The van der Waals surface area contributed by atoms with Crippen LogP contribution in [0, 0.1) is 11.7 Å². The van der Waals surface area contributed by atoms with E-state index in [9.17, 15) is 14.3 Å². The normalized spacial score (nSPS) is 22.0. The highest BCUT2D eigenvalue weighted by molar-refractivity contribution is 5.88. The van der Waals surface area contributed by atoms with Gasteiger partial charge in [0.2, 0.25) is 5.91 Å². The number of methoxy groups -OCH3 is 1. The van der Waals surface area contributed by atoms with E-state index < -0.39 is 0 Å². The highest BCUT2D eigenvalue weighted by Crippen LogP contribution is 2.49. The van der Waals surface area contributed by atoms with E-state index in [2.05, 4.69) is 20.9 Å². The third-order valence-electron chi connectivity index (χ3n) is 9.09. The molecule has 0 unspecified atom stereocenters. The fourth-order valence-corrected chi connectivity index (χ4v) is 7.12. The van der Waals surface area contributed by atoms with Gasteiger partial charge in [-0.1, -0.05) is 31.0 Å². The van der Waals surface area contributed by atoms with Gasteiger partial charge in [-0.25, -0.2) is 4.39 Å². The van der Waals surface area contributed by atoms with Gasteiger partial charge in [0.15, 0.2) is 0 Å². The number of amides is 1. The molecule has 1 spiro atoms. The third kappa shape index (κ3) is 4.22. The average molecular weight is 506 g/mol. The molecule has 0 radical (unpaired) electrons. The van der Waals surface area contributed by atoms with E-state index in [1.54, 1.807) is 13.2 Å². The summed E-state index contributed by atoms with van der Waals surface area (Å²) in [5.74, 6) is 1.06. The Morgan fingerprint density at radius 2 is 1.92 bits per heavy atom. The van der Waals surface area contributed by atoms with Crippen molar-refractivity contribution in [2.45, 2.75) is 56.5 Å². The van der Waals surface area contributed by atoms with Gasteiger partial charge in [-0.3, -0.25) is 9.69 Å². The molecule has 37 heavy (non-hydrogen) atoms. The first-order chi connectivity index (χ1) is 18.0. The van der Waals surface area contributed by atoms with E-state index in [4.69, 9.17) is 4.74 Å². The molecule has 6 nitrogen and oxygen atoms in total. The first kappa shape index (κ1) is 24.4. The molecule has 3 aromatic rings. The number of aliphatic hydroxyl groups is 1. The Hall–Kier alpha value is -2.90. The predicted molar refractivity (Wildman–Crippen MR) is 141 cm³/mol. The van der Waals surface area contributed by atoms with Crippen LogP contribution in [0.1, 0.15) is 61.4 Å². The number of benzene rings is 2. The van der Waals surface area contributed by atoms with Crippen LogP contribution in [-0.2, 0) is 16.8 Å². The van der Waals surface area contributed by atoms with E-state index in [-0.39, 0.29) is 29.8 Å². The average Bonchev–Trinajstić information content (AvgIpc) is 3.59. The largest absolute Gasteiger partial charge is 0.497 e. The number of piperidine rings is 1. The number of H-pyrrole nitrogens is 1. The summed E-state index contributed by atoms with van der Waals surface area (Å²) in [6, 6.07) is 12.7. The van der Waals surface area contributed by atoms with Crippen molar-refractivity contribution >= 4 is 16.8 Å². The quantitative estimate of drug-likeness (QED) is 0.517. The van der Waals surface area contributed by atoms with Gasteiger partial charge in [0.1, 0.15) is 11.6 Å². The number of hydrogen-bond acceptors (Lipinski definition) is 4. The van der Waals surface area contributed by atoms with Gasteiger partial charge in [0, 0.05) is 65.7 Å². The molecule has 0 bridgehead atoms. The van der Waals surface area contributed by atoms with E-state index in [1.165, 1.54) is 11.6 Å². The molecule has 2 N–H and O–H groups in total. The van der Waals surface area contributed by atoms with Crippen molar-refractivity contribution in [3.05, 3.63) is 65.1 Å². The Kier molecular flexibility index (Phi) is 6.45. The number of likely N-dealkylation sites (tertiary alicyclic amines) is 1. The zero-order valence-corrected chi connectivity index (χ0v) is 21.5. The summed E-state index contributed by atoms with van der Waals surface area (Å²) in [5, 5.41) is 11.7. The maximum absolute atomic E-state index is 14.7. The van der Waals surface area contributed by atoms with Crippen LogP contribution in [0.15, 0.2) is 42.5 Å². The number of nitrogens with zero attached hydrogens (tertiary/aromatic N) is 2. The molecule has 7 heteroatoms. The van der Waals surface area contributed by atoms with Crippen molar-refractivity contribution in [1.29, 1.82) is 0 Å². The van der Waals surface area contributed by atoms with Crippen LogP contribution >= 0.6 is 0 Å². The van der Waals surface area contributed by atoms with Gasteiger partial charge in [0.25, 0.3) is 0 Å². The summed E-state index contributed by atoms with van der Waals surface area (Å²) >= 11 is 0. The summed E-state index contributed by atoms with van der Waals surface area (Å²) in [5.41, 5.74) is 3.68. The van der Waals surface area contributed by atoms with Gasteiger partial charge < -0.3 is 19.7 Å². The lowest BCUT2D eigenvalue weighted by atomic mass is 9.68. The second-order valence-corrected chi connectivity index (χ2v) is 11.1. The molecule has 1 saturated carbocycles. The summed E-state index contributed by atoms with van der Waals surface area (Å²) in [6.07, 6.45) is 6.05. The highest BCUT2D eigenvalue weighted by Gasteiger charge is 2.48. The van der Waals surface area contributed by atoms with E-state index >= 15 is 0 Å². The summed E-state index contributed by atoms with van der Waals surface area (Å²) in [4.78, 5) is 21.1. The number of rotatable bonds is 5. The minimum absolute atomic E-state index is 0.0617. The van der Waals surface area contributed by atoms with Crippen LogP contribution in [0.2, 0.25) is 0 Å². The number of aliphatic hydroxyl groups excluding tert-OH is 1. The molecule has 1 atom stereocenters. The molecule has 1 saturated heterocycles. The number of carbonyl (C=O) groups excluding carboxylic acids is 1. The van der Waals surface area contributed by atoms with Gasteiger partial charge >= 0.3 is 0 Å². The lowest BCUT2D eigenvalue weighted by Crippen LogP contribution is -2.54. The molecule has 1 aromatic heterocycles. The number of aromatic amines is 1. The number of nitrogens with one attached hydrogen (secondary N) is 1. The molecule has 2 fully saturated rings. The zero-order valence-electron chi connectivity index (χ0n) is 21.5. The third-order valence-corrected chi connectivity index (χ3v) is 9.09. The fraction of sp³-hybridized carbons (Fsp3) is 0.500. The molecular formula is C30H36FN3O3. The maximum Gasteiger partial charge on any atom is 0.225 e. The molecule has 2 aromatic carbocycles. The Bertz CT molecular complexity index is 1290. The highest BCUT2D eigenvalue weighted by atomic mass is 19.1. The molecule has 3 heterocycles. The SMILES string of the molecule is COc1ccc2c3c([nH]c2c1)[C@@H](CO)N(Cc1ccccc1F)CC31CCN(C(=O)C2CCCC2)CC1. The summed E-state index contributed by atoms with van der Waals surface area (Å²) in [7, 11) is 1.66. The van der Waals surface area contributed by atoms with Crippen LogP contribution in [0.4, 0.5) is 4.39 Å². The van der Waals surface area contributed by atoms with Crippen LogP contribution in [0.3, 0.4) is 0 Å². The molecule has 6 rings (SSSR count). The lowest BCUT2D eigenvalue weighted by molar-refractivity contribution is -0.137. The van der Waals surface area contributed by atoms with E-state index in [0.717, 1.165) is 74.0 Å². The van der Waals surface area contributed by atoms with Crippen molar-refractivity contribution in [3.8, 4) is 5.75 Å². The Labute approximate surface area is 217 Å². The number of aromatic nitrogens is 1. The summed E-state index contributed by atoms with van der Waals surface area (Å²) < 4.78 is 20.2. The van der Waals surface area contributed by atoms with Gasteiger partial charge in [-0.05, 0) is 49.4 Å². The van der Waals surface area contributed by atoms with Crippen LogP contribution in [0.5, 0.6) is 5.75 Å². The fourth-order valence-electron chi connectivity index (χ4n) is 7.12. The first-order valence-corrected chi connectivity index (χ1v) is 13.6. The molecule has 1 amide bonds. The molecule has 2 aliphatic heterocycles. The number of fused-ring (bicyclic) bond motifs is 4. The minimum atomic E-state index is -0.267. The van der Waals surface area contributed by atoms with Crippen LogP contribution in [0.25, 0.3) is 10.9 Å². The van der Waals surface area contributed by atoms with Gasteiger partial charge in [-0.2, -0.15) is 0 Å². The number of halogens is 1. The smallest absolute Gasteiger partial charge is 0.225 e. The Balaban J connectivity index is 1.39. The lowest BCUT2D eigenvalue weighted by Gasteiger charge is -2.50. The number of hydrogen-bond donors (Lipinski definition) is 2. The van der Waals surface area contributed by atoms with E-state index in [0.29, 0.717) is 24.6 Å². The van der Waals surface area contributed by atoms with Gasteiger partial charge in [-0.15, -0.1) is 0 Å². The van der Waals surface area contributed by atoms with Gasteiger partial charge in [0.05, 0.1) is 19.8 Å². The zero-order chi connectivity index (χ0) is 25.6. The van der Waals surface area contributed by atoms with Crippen molar-refractivity contribution in [1.82, 2.24) is 14.8 Å². The van der Waals surface area contributed by atoms with Crippen molar-refractivity contribution in [3.63, 3.8) is 0 Å². The molecular weight excluding hydrogens is 469 g/mol. The molecule has 1 aliphatic carbocycles. The minimum Gasteiger partial charge on any atom is -0.497 e. The number of carbonyl (C=O) groups is 1. The van der Waals surface area contributed by atoms with Crippen LogP contribution in [-0.4, -0.2) is 59.1 Å². The van der Waals surface area contributed by atoms with Crippen molar-refractivity contribution in [2.24, 2.45) is 5.92 Å². The van der Waals surface area contributed by atoms with Crippen LogP contribution < -0.4 is 4.74 Å². The van der Waals surface area contributed by atoms with E-state index in [1.807, 2.05) is 24.3 Å². The number of ether oxygens (including phenoxy) is 1. The maximum atomic E-state index is 14.7. The Morgan fingerprint density at radius 3 is 2.62 bits per heavy atom. The summed E-state index contributed by atoms with van der Waals surface area (Å²) in [6.45, 7) is 2.53. The molecule has 196 valence electrons. The first-order valence-electron chi connectivity index (χ1n) is 13.6. The van der Waals surface area contributed by atoms with Crippen molar-refractivity contribution in [2.75, 3.05) is 33.4 Å². The second-order valence-electron chi connectivity index (χ2n) is 11.1. The van der Waals surface area contributed by atoms with Crippen molar-refractivity contribution < 1.29 is 19.0 Å². The standard InChI is InChI=1S/C30H36FN3O3/c1-37-22-10-11-23-25(16-22)32-28-26(18-35)34(17-21-8-4-5-9-24(21)31)19-30(27(23)28)12-14-33(15-13-30)29(36)20-6-2-3-7-20/h4-5,8-11,16,20,26,32,35H,2-3,6-7,12-15,17-19H2,1H3/t26-/m1/s1. The predicted octanol–water partition coefficient (Wildman–Crippen LogP) is 4.92. The Morgan fingerprint density at radius 1 is 1.16 bits per heavy atom. The molecule has 3 aliphatic rings.